The Morgan fingerprint density at radius 2 is 2.04 bits per heavy atom. The van der Waals surface area contributed by atoms with Gasteiger partial charge < -0.3 is 4.74 Å². The first kappa shape index (κ1) is 15.5. The van der Waals surface area contributed by atoms with Crippen LogP contribution < -0.4 is 10.1 Å². The molecule has 3 rings (SSSR count). The van der Waals surface area contributed by atoms with Gasteiger partial charge in [0.05, 0.1) is 10.2 Å². The van der Waals surface area contributed by atoms with Crippen LogP contribution in [0, 0.1) is 0 Å². The highest BCUT2D eigenvalue weighted by molar-refractivity contribution is 7.22. The van der Waals surface area contributed by atoms with Crippen LogP contribution in [0.1, 0.15) is 19.4 Å². The van der Waals surface area contributed by atoms with Gasteiger partial charge in [0.15, 0.2) is 11.2 Å². The molecule has 4 nitrogen and oxygen atoms in total. The standard InChI is InChI=1S/C18H18N2O2S/c1-3-13-9-10-15-16(11-13)23-18(19-15)20-17(21)12(2)22-14-7-5-4-6-8-14/h4-12H,3H2,1-2H3,(H,19,20,21)/t12-/m1/s1. The number of rotatable bonds is 5. The van der Waals surface area contributed by atoms with E-state index in [1.165, 1.54) is 16.9 Å². The molecule has 0 bridgehead atoms. The van der Waals surface area contributed by atoms with Gasteiger partial charge in [-0.1, -0.05) is 42.5 Å². The van der Waals surface area contributed by atoms with E-state index in [0.29, 0.717) is 10.9 Å². The van der Waals surface area contributed by atoms with E-state index in [1.54, 1.807) is 6.92 Å². The number of aromatic nitrogens is 1. The summed E-state index contributed by atoms with van der Waals surface area (Å²) in [4.78, 5) is 16.7. The Balaban J connectivity index is 1.69. The highest BCUT2D eigenvalue weighted by atomic mass is 32.1. The van der Waals surface area contributed by atoms with Crippen LogP contribution in [0.3, 0.4) is 0 Å². The van der Waals surface area contributed by atoms with Crippen LogP contribution >= 0.6 is 11.3 Å². The number of hydrogen-bond donors (Lipinski definition) is 1. The predicted molar refractivity (Wildman–Crippen MR) is 94.2 cm³/mol. The Morgan fingerprint density at radius 3 is 2.78 bits per heavy atom. The van der Waals surface area contributed by atoms with Crippen LogP contribution in [0.4, 0.5) is 5.13 Å². The SMILES string of the molecule is CCc1ccc2nc(NC(=O)[C@@H](C)Oc3ccccc3)sc2c1. The molecule has 0 saturated heterocycles. The smallest absolute Gasteiger partial charge is 0.266 e. The molecule has 3 aromatic rings. The molecule has 1 aromatic heterocycles. The summed E-state index contributed by atoms with van der Waals surface area (Å²) in [5.41, 5.74) is 2.17. The fraction of sp³-hybridized carbons (Fsp3) is 0.222. The molecule has 1 heterocycles. The molecule has 2 aromatic carbocycles. The molecule has 0 aliphatic rings. The van der Waals surface area contributed by atoms with Crippen molar-refractivity contribution in [3.05, 3.63) is 54.1 Å². The summed E-state index contributed by atoms with van der Waals surface area (Å²) in [5.74, 6) is 0.468. The van der Waals surface area contributed by atoms with Gasteiger partial charge in [-0.3, -0.25) is 10.1 Å². The molecular formula is C18H18N2O2S. The number of ether oxygens (including phenoxy) is 1. The highest BCUT2D eigenvalue weighted by Crippen LogP contribution is 2.27. The summed E-state index contributed by atoms with van der Waals surface area (Å²) in [6, 6.07) is 15.5. The minimum atomic E-state index is -0.587. The highest BCUT2D eigenvalue weighted by Gasteiger charge is 2.16. The average molecular weight is 326 g/mol. The number of thiazole rings is 1. The number of amides is 1. The molecule has 0 radical (unpaired) electrons. The molecule has 0 spiro atoms. The molecule has 0 fully saturated rings. The van der Waals surface area contributed by atoms with E-state index in [1.807, 2.05) is 36.4 Å². The van der Waals surface area contributed by atoms with Crippen molar-refractivity contribution in [1.82, 2.24) is 4.98 Å². The van der Waals surface area contributed by atoms with Gasteiger partial charge >= 0.3 is 0 Å². The summed E-state index contributed by atoms with van der Waals surface area (Å²) in [6.07, 6.45) is 0.396. The van der Waals surface area contributed by atoms with E-state index in [-0.39, 0.29) is 5.91 Å². The van der Waals surface area contributed by atoms with Gasteiger partial charge in [0, 0.05) is 0 Å². The van der Waals surface area contributed by atoms with Crippen LogP contribution in [-0.4, -0.2) is 17.0 Å². The van der Waals surface area contributed by atoms with Crippen molar-refractivity contribution in [2.24, 2.45) is 0 Å². The van der Waals surface area contributed by atoms with E-state index in [0.717, 1.165) is 16.6 Å². The van der Waals surface area contributed by atoms with Crippen LogP contribution in [0.5, 0.6) is 5.75 Å². The third-order valence-corrected chi connectivity index (χ3v) is 4.45. The normalized spacial score (nSPS) is 12.1. The fourth-order valence-corrected chi connectivity index (χ4v) is 3.14. The summed E-state index contributed by atoms with van der Waals surface area (Å²) < 4.78 is 6.70. The molecule has 1 amide bonds. The fourth-order valence-electron chi connectivity index (χ4n) is 2.21. The number of anilines is 1. The zero-order chi connectivity index (χ0) is 16.2. The van der Waals surface area contributed by atoms with Crippen molar-refractivity contribution in [3.63, 3.8) is 0 Å². The van der Waals surface area contributed by atoms with Crippen LogP contribution in [-0.2, 0) is 11.2 Å². The van der Waals surface area contributed by atoms with Gasteiger partial charge in [0.25, 0.3) is 5.91 Å². The summed E-state index contributed by atoms with van der Waals surface area (Å²) >= 11 is 1.48. The van der Waals surface area contributed by atoms with Gasteiger partial charge in [-0.05, 0) is 43.2 Å². The lowest BCUT2D eigenvalue weighted by Crippen LogP contribution is -2.30. The van der Waals surface area contributed by atoms with Crippen LogP contribution in [0.2, 0.25) is 0 Å². The zero-order valence-corrected chi connectivity index (χ0v) is 13.9. The van der Waals surface area contributed by atoms with Gasteiger partial charge in [-0.2, -0.15) is 0 Å². The molecule has 0 unspecified atom stereocenters. The van der Waals surface area contributed by atoms with Crippen molar-refractivity contribution in [1.29, 1.82) is 0 Å². The van der Waals surface area contributed by atoms with Crippen molar-refractivity contribution < 1.29 is 9.53 Å². The minimum absolute atomic E-state index is 0.205. The van der Waals surface area contributed by atoms with Gasteiger partial charge in [-0.15, -0.1) is 0 Å². The lowest BCUT2D eigenvalue weighted by molar-refractivity contribution is -0.122. The second kappa shape index (κ2) is 6.79. The van der Waals surface area contributed by atoms with Crippen molar-refractivity contribution in [3.8, 4) is 5.75 Å². The predicted octanol–water partition coefficient (Wildman–Crippen LogP) is 4.26. The Labute approximate surface area is 139 Å². The molecule has 118 valence electrons. The summed E-state index contributed by atoms with van der Waals surface area (Å²) in [6.45, 7) is 3.85. The van der Waals surface area contributed by atoms with Crippen LogP contribution in [0.25, 0.3) is 10.2 Å². The number of carbonyl (C=O) groups is 1. The second-order valence-electron chi connectivity index (χ2n) is 5.24. The summed E-state index contributed by atoms with van der Waals surface area (Å²) in [7, 11) is 0. The number of carbonyl (C=O) groups excluding carboxylic acids is 1. The third kappa shape index (κ3) is 3.68. The summed E-state index contributed by atoms with van der Waals surface area (Å²) in [5, 5.41) is 3.43. The Hall–Kier alpha value is -2.40. The zero-order valence-electron chi connectivity index (χ0n) is 13.1. The number of hydrogen-bond acceptors (Lipinski definition) is 4. The maximum absolute atomic E-state index is 12.2. The van der Waals surface area contributed by atoms with E-state index in [9.17, 15) is 4.79 Å². The van der Waals surface area contributed by atoms with Crippen LogP contribution in [0.15, 0.2) is 48.5 Å². The van der Waals surface area contributed by atoms with Gasteiger partial charge in [-0.25, -0.2) is 4.98 Å². The average Bonchev–Trinajstić information content (AvgIpc) is 2.96. The quantitative estimate of drug-likeness (QED) is 0.762. The molecule has 1 N–H and O–H groups in total. The lowest BCUT2D eigenvalue weighted by Gasteiger charge is -2.13. The Kier molecular flexibility index (Phi) is 4.57. The Bertz CT molecular complexity index is 814. The molecular weight excluding hydrogens is 308 g/mol. The first-order valence-electron chi connectivity index (χ1n) is 7.57. The maximum Gasteiger partial charge on any atom is 0.266 e. The topological polar surface area (TPSA) is 51.2 Å². The molecule has 0 aliphatic heterocycles. The largest absolute Gasteiger partial charge is 0.481 e. The molecule has 23 heavy (non-hydrogen) atoms. The minimum Gasteiger partial charge on any atom is -0.481 e. The number of aryl methyl sites for hydroxylation is 1. The molecule has 1 atom stereocenters. The van der Waals surface area contributed by atoms with Crippen molar-refractivity contribution >= 4 is 32.6 Å². The van der Waals surface area contributed by atoms with Crippen molar-refractivity contribution in [2.45, 2.75) is 26.4 Å². The number of nitrogens with zero attached hydrogens (tertiary/aromatic N) is 1. The first-order valence-corrected chi connectivity index (χ1v) is 8.39. The maximum atomic E-state index is 12.2. The molecule has 5 heteroatoms. The molecule has 0 saturated carbocycles. The number of nitrogens with one attached hydrogen (secondary N) is 1. The van der Waals surface area contributed by atoms with E-state index in [4.69, 9.17) is 4.74 Å². The number of fused-ring (bicyclic) bond motifs is 1. The van der Waals surface area contributed by atoms with E-state index < -0.39 is 6.10 Å². The van der Waals surface area contributed by atoms with Gasteiger partial charge in [0.1, 0.15) is 5.75 Å². The van der Waals surface area contributed by atoms with Gasteiger partial charge in [0.2, 0.25) is 0 Å². The Morgan fingerprint density at radius 1 is 1.26 bits per heavy atom. The number of para-hydroxylation sites is 1. The number of benzene rings is 2. The van der Waals surface area contributed by atoms with E-state index in [2.05, 4.69) is 29.4 Å². The molecule has 0 aliphatic carbocycles. The first-order chi connectivity index (χ1) is 11.2. The second-order valence-corrected chi connectivity index (χ2v) is 6.27. The monoisotopic (exact) mass is 326 g/mol. The third-order valence-electron chi connectivity index (χ3n) is 3.52. The van der Waals surface area contributed by atoms with E-state index >= 15 is 0 Å². The lowest BCUT2D eigenvalue weighted by atomic mass is 10.2. The van der Waals surface area contributed by atoms with Crippen molar-refractivity contribution in [2.75, 3.05) is 5.32 Å².